The number of rotatable bonds is 6. The van der Waals surface area contributed by atoms with Crippen LogP contribution in [0.4, 0.5) is 0 Å². The molecule has 0 radical (unpaired) electrons. The van der Waals surface area contributed by atoms with Crippen molar-refractivity contribution in [2.45, 2.75) is 13.1 Å². The molecule has 0 fully saturated rings. The summed E-state index contributed by atoms with van der Waals surface area (Å²) in [5.74, 6) is 0.237. The molecule has 7 heteroatoms. The van der Waals surface area contributed by atoms with Gasteiger partial charge in [0.25, 0.3) is 5.91 Å². The number of nitrogens with one attached hydrogen (secondary N) is 1. The molecule has 0 bridgehead atoms. The van der Waals surface area contributed by atoms with Gasteiger partial charge < -0.3 is 10.1 Å². The van der Waals surface area contributed by atoms with Crippen LogP contribution in [0.1, 0.15) is 21.6 Å². The highest BCUT2D eigenvalue weighted by Gasteiger charge is 2.11. The van der Waals surface area contributed by atoms with Crippen molar-refractivity contribution in [2.75, 3.05) is 7.11 Å². The molecule has 3 aromatic rings. The molecule has 0 spiro atoms. The number of amides is 1. The van der Waals surface area contributed by atoms with Crippen LogP contribution in [0.15, 0.2) is 54.9 Å². The van der Waals surface area contributed by atoms with E-state index in [1.165, 1.54) is 0 Å². The van der Waals surface area contributed by atoms with Crippen LogP contribution >= 0.6 is 0 Å². The summed E-state index contributed by atoms with van der Waals surface area (Å²) in [5.41, 5.74) is 2.28. The van der Waals surface area contributed by atoms with Crippen LogP contribution in [-0.4, -0.2) is 33.0 Å². The Labute approximate surface area is 139 Å². The Kier molecular flexibility index (Phi) is 4.81. The number of carbonyl (C=O) groups excluding carboxylic acids is 1. The van der Waals surface area contributed by atoms with E-state index in [1.54, 1.807) is 30.3 Å². The predicted molar refractivity (Wildman–Crippen MR) is 87.5 cm³/mol. The first-order valence-corrected chi connectivity index (χ1v) is 7.46. The highest BCUT2D eigenvalue weighted by atomic mass is 16.5. The van der Waals surface area contributed by atoms with Gasteiger partial charge in [-0.15, -0.1) is 5.10 Å². The first-order chi connectivity index (χ1) is 11.7. The number of nitrogens with zero attached hydrogens (tertiary/aromatic N) is 4. The SMILES string of the molecule is COc1cc(CNC(=O)c2cn(Cc3ccccc3)nn2)ccn1. The number of hydrogen-bond donors (Lipinski definition) is 1. The average Bonchev–Trinajstić information content (AvgIpc) is 3.09. The van der Waals surface area contributed by atoms with E-state index in [0.717, 1.165) is 11.1 Å². The molecule has 7 nitrogen and oxygen atoms in total. The van der Waals surface area contributed by atoms with Gasteiger partial charge in [0.1, 0.15) is 0 Å². The van der Waals surface area contributed by atoms with E-state index in [0.29, 0.717) is 19.0 Å². The fraction of sp³-hybridized carbons (Fsp3) is 0.176. The average molecular weight is 323 g/mol. The Morgan fingerprint density at radius 2 is 2.04 bits per heavy atom. The highest BCUT2D eigenvalue weighted by molar-refractivity contribution is 5.91. The molecule has 0 aliphatic heterocycles. The topological polar surface area (TPSA) is 81.9 Å². The molecule has 0 saturated carbocycles. The summed E-state index contributed by atoms with van der Waals surface area (Å²) in [7, 11) is 1.55. The van der Waals surface area contributed by atoms with E-state index in [2.05, 4.69) is 20.6 Å². The van der Waals surface area contributed by atoms with E-state index in [1.807, 2.05) is 36.4 Å². The van der Waals surface area contributed by atoms with Crippen molar-refractivity contribution in [1.82, 2.24) is 25.3 Å². The molecule has 0 atom stereocenters. The lowest BCUT2D eigenvalue weighted by molar-refractivity contribution is 0.0945. The van der Waals surface area contributed by atoms with Gasteiger partial charge in [-0.25, -0.2) is 9.67 Å². The first kappa shape index (κ1) is 15.7. The maximum Gasteiger partial charge on any atom is 0.273 e. The van der Waals surface area contributed by atoms with Crippen molar-refractivity contribution in [1.29, 1.82) is 0 Å². The van der Waals surface area contributed by atoms with E-state index in [4.69, 9.17) is 4.74 Å². The van der Waals surface area contributed by atoms with Gasteiger partial charge in [-0.1, -0.05) is 35.5 Å². The fourth-order valence-electron chi connectivity index (χ4n) is 2.20. The largest absolute Gasteiger partial charge is 0.481 e. The van der Waals surface area contributed by atoms with Gasteiger partial charge in [0.15, 0.2) is 5.69 Å². The van der Waals surface area contributed by atoms with Crippen molar-refractivity contribution >= 4 is 5.91 Å². The Bertz CT molecular complexity index is 817. The molecule has 122 valence electrons. The second kappa shape index (κ2) is 7.36. The molecule has 24 heavy (non-hydrogen) atoms. The normalized spacial score (nSPS) is 10.4. The van der Waals surface area contributed by atoms with Gasteiger partial charge in [-0.2, -0.15) is 0 Å². The lowest BCUT2D eigenvalue weighted by Crippen LogP contribution is -2.23. The van der Waals surface area contributed by atoms with E-state index >= 15 is 0 Å². The van der Waals surface area contributed by atoms with E-state index in [9.17, 15) is 4.79 Å². The minimum Gasteiger partial charge on any atom is -0.481 e. The standard InChI is InChI=1S/C17H17N5O2/c1-24-16-9-14(7-8-18-16)10-19-17(23)15-12-22(21-20-15)11-13-5-3-2-4-6-13/h2-9,12H,10-11H2,1H3,(H,19,23). The molecule has 2 heterocycles. The van der Waals surface area contributed by atoms with Gasteiger partial charge >= 0.3 is 0 Å². The maximum atomic E-state index is 12.2. The van der Waals surface area contributed by atoms with Gasteiger partial charge in [0.05, 0.1) is 19.9 Å². The van der Waals surface area contributed by atoms with Crippen molar-refractivity contribution in [2.24, 2.45) is 0 Å². The fourth-order valence-corrected chi connectivity index (χ4v) is 2.20. The Balaban J connectivity index is 1.59. The number of pyridine rings is 1. The lowest BCUT2D eigenvalue weighted by atomic mass is 10.2. The van der Waals surface area contributed by atoms with Gasteiger partial charge in [0.2, 0.25) is 5.88 Å². The molecule has 1 amide bonds. The summed E-state index contributed by atoms with van der Waals surface area (Å²) in [6, 6.07) is 13.5. The van der Waals surface area contributed by atoms with Crippen molar-refractivity contribution < 1.29 is 9.53 Å². The van der Waals surface area contributed by atoms with Crippen molar-refractivity contribution in [3.63, 3.8) is 0 Å². The summed E-state index contributed by atoms with van der Waals surface area (Å²) in [4.78, 5) is 16.2. The molecule has 0 aliphatic carbocycles. The third-order valence-electron chi connectivity index (χ3n) is 3.42. The molecule has 0 aliphatic rings. The van der Waals surface area contributed by atoms with Gasteiger partial charge in [0, 0.05) is 18.8 Å². The van der Waals surface area contributed by atoms with Crippen LogP contribution in [0.2, 0.25) is 0 Å². The van der Waals surface area contributed by atoms with Crippen LogP contribution in [-0.2, 0) is 13.1 Å². The second-order valence-electron chi connectivity index (χ2n) is 5.18. The summed E-state index contributed by atoms with van der Waals surface area (Å²) < 4.78 is 6.70. The van der Waals surface area contributed by atoms with E-state index < -0.39 is 0 Å². The van der Waals surface area contributed by atoms with Crippen LogP contribution in [0.5, 0.6) is 5.88 Å². The Morgan fingerprint density at radius 1 is 1.21 bits per heavy atom. The summed E-state index contributed by atoms with van der Waals surface area (Å²) in [5, 5.41) is 10.7. The molecule has 1 aromatic carbocycles. The molecule has 0 unspecified atom stereocenters. The van der Waals surface area contributed by atoms with Crippen molar-refractivity contribution in [3.05, 3.63) is 71.7 Å². The summed E-state index contributed by atoms with van der Waals surface area (Å²) >= 11 is 0. The maximum absolute atomic E-state index is 12.2. The zero-order valence-electron chi connectivity index (χ0n) is 13.2. The summed E-state index contributed by atoms with van der Waals surface area (Å²) in [6.07, 6.45) is 3.27. The van der Waals surface area contributed by atoms with Crippen LogP contribution in [0, 0.1) is 0 Å². The highest BCUT2D eigenvalue weighted by Crippen LogP contribution is 2.08. The number of aromatic nitrogens is 4. The quantitative estimate of drug-likeness (QED) is 0.746. The van der Waals surface area contributed by atoms with Crippen LogP contribution < -0.4 is 10.1 Å². The third-order valence-corrected chi connectivity index (χ3v) is 3.42. The number of benzene rings is 1. The van der Waals surface area contributed by atoms with E-state index in [-0.39, 0.29) is 11.6 Å². The number of carbonyl (C=O) groups is 1. The molecule has 0 saturated heterocycles. The molecule has 2 aromatic heterocycles. The van der Waals surface area contributed by atoms with Gasteiger partial charge in [-0.05, 0) is 17.2 Å². The monoisotopic (exact) mass is 323 g/mol. The zero-order valence-corrected chi connectivity index (χ0v) is 13.2. The number of methoxy groups -OCH3 is 1. The second-order valence-corrected chi connectivity index (χ2v) is 5.18. The van der Waals surface area contributed by atoms with Crippen molar-refractivity contribution in [3.8, 4) is 5.88 Å². The summed E-state index contributed by atoms with van der Waals surface area (Å²) in [6.45, 7) is 0.936. The Hall–Kier alpha value is -3.22. The lowest BCUT2D eigenvalue weighted by Gasteiger charge is -2.04. The smallest absolute Gasteiger partial charge is 0.273 e. The predicted octanol–water partition coefficient (Wildman–Crippen LogP) is 1.66. The number of ether oxygens (including phenoxy) is 1. The molecular weight excluding hydrogens is 306 g/mol. The minimum absolute atomic E-state index is 0.273. The molecule has 3 rings (SSSR count). The van der Waals surface area contributed by atoms with Crippen LogP contribution in [0.3, 0.4) is 0 Å². The molecule has 1 N–H and O–H groups in total. The molecular formula is C17H17N5O2. The van der Waals surface area contributed by atoms with Gasteiger partial charge in [-0.3, -0.25) is 4.79 Å². The minimum atomic E-state index is -0.273. The zero-order chi connectivity index (χ0) is 16.8. The first-order valence-electron chi connectivity index (χ1n) is 7.46. The van der Waals surface area contributed by atoms with Crippen LogP contribution in [0.25, 0.3) is 0 Å². The number of hydrogen-bond acceptors (Lipinski definition) is 5. The Morgan fingerprint density at radius 3 is 2.83 bits per heavy atom. The third kappa shape index (κ3) is 3.95.